The number of amides is 1. The number of carbonyl (C=O) groups is 1. The van der Waals surface area contributed by atoms with Crippen molar-refractivity contribution in [2.24, 2.45) is 5.92 Å². The van der Waals surface area contributed by atoms with Crippen molar-refractivity contribution in [3.8, 4) is 0 Å². The molecule has 3 atom stereocenters. The lowest BCUT2D eigenvalue weighted by Crippen LogP contribution is -2.47. The van der Waals surface area contributed by atoms with E-state index in [4.69, 9.17) is 11.6 Å². The first kappa shape index (κ1) is 12.7. The summed E-state index contributed by atoms with van der Waals surface area (Å²) >= 11 is 5.49. The summed E-state index contributed by atoms with van der Waals surface area (Å²) in [6.45, 7) is 3.07. The largest absolute Gasteiger partial charge is 0.345 e. The number of nitrogens with zero attached hydrogens (tertiary/aromatic N) is 3. The predicted molar refractivity (Wildman–Crippen MR) is 67.4 cm³/mol. The highest BCUT2D eigenvalue weighted by Crippen LogP contribution is 2.26. The fourth-order valence-corrected chi connectivity index (χ4v) is 2.96. The van der Waals surface area contributed by atoms with Gasteiger partial charge in [-0.2, -0.15) is 9.37 Å². The summed E-state index contributed by atoms with van der Waals surface area (Å²) in [7, 11) is 0. The minimum atomic E-state index is -0.866. The van der Waals surface area contributed by atoms with Gasteiger partial charge < -0.3 is 10.2 Å². The van der Waals surface area contributed by atoms with Crippen LogP contribution in [0.3, 0.4) is 0 Å². The van der Waals surface area contributed by atoms with E-state index >= 15 is 0 Å². The Kier molecular flexibility index (Phi) is 3.36. The minimum Gasteiger partial charge on any atom is -0.345 e. The molecule has 1 aromatic heterocycles. The molecule has 1 amide bonds. The van der Waals surface area contributed by atoms with Crippen LogP contribution in [-0.2, 0) is 0 Å². The quantitative estimate of drug-likeness (QED) is 0.826. The molecule has 0 aromatic carbocycles. The van der Waals surface area contributed by atoms with Crippen molar-refractivity contribution < 1.29 is 9.18 Å². The highest BCUT2D eigenvalue weighted by atomic mass is 35.5. The number of fused-ring (bicyclic) bond motifs is 2. The Morgan fingerprint density at radius 1 is 1.53 bits per heavy atom. The zero-order valence-electron chi connectivity index (χ0n) is 10.3. The topological polar surface area (TPSA) is 58.1 Å². The van der Waals surface area contributed by atoms with Gasteiger partial charge in [-0.25, -0.2) is 4.98 Å². The van der Waals surface area contributed by atoms with Crippen LogP contribution in [0.2, 0.25) is 5.02 Å². The Hall–Kier alpha value is -1.27. The Morgan fingerprint density at radius 3 is 3.11 bits per heavy atom. The van der Waals surface area contributed by atoms with E-state index in [2.05, 4.69) is 20.2 Å². The van der Waals surface area contributed by atoms with E-state index in [1.54, 1.807) is 0 Å². The van der Waals surface area contributed by atoms with Crippen molar-refractivity contribution in [1.29, 1.82) is 0 Å². The third kappa shape index (κ3) is 2.69. The number of hydrogen-bond acceptors (Lipinski definition) is 4. The van der Waals surface area contributed by atoms with Gasteiger partial charge in [0.25, 0.3) is 5.91 Å². The van der Waals surface area contributed by atoms with Crippen LogP contribution in [-0.4, -0.2) is 46.5 Å². The number of carbonyl (C=O) groups excluding carboxylic acids is 1. The van der Waals surface area contributed by atoms with Crippen molar-refractivity contribution >= 4 is 17.5 Å². The molecule has 102 valence electrons. The van der Waals surface area contributed by atoms with Crippen LogP contribution >= 0.6 is 11.6 Å². The van der Waals surface area contributed by atoms with E-state index in [9.17, 15) is 9.18 Å². The molecule has 5 nitrogen and oxygen atoms in total. The van der Waals surface area contributed by atoms with Gasteiger partial charge in [-0.3, -0.25) is 4.79 Å². The van der Waals surface area contributed by atoms with Crippen LogP contribution in [0.4, 0.5) is 4.39 Å². The van der Waals surface area contributed by atoms with Crippen LogP contribution < -0.4 is 5.32 Å². The molecule has 2 aliphatic heterocycles. The van der Waals surface area contributed by atoms with Crippen molar-refractivity contribution in [2.75, 3.05) is 19.6 Å². The van der Waals surface area contributed by atoms with Crippen molar-refractivity contribution in [3.05, 3.63) is 23.0 Å². The number of piperidine rings is 1. The monoisotopic (exact) mass is 284 g/mol. The van der Waals surface area contributed by atoms with Gasteiger partial charge in [0.15, 0.2) is 0 Å². The smallest absolute Gasteiger partial charge is 0.289 e. The molecule has 2 bridgehead atoms. The number of nitrogens with one attached hydrogen (secondary N) is 1. The van der Waals surface area contributed by atoms with Crippen molar-refractivity contribution in [2.45, 2.75) is 18.9 Å². The first-order chi connectivity index (χ1) is 9.11. The first-order valence-electron chi connectivity index (χ1n) is 6.33. The van der Waals surface area contributed by atoms with Gasteiger partial charge in [0, 0.05) is 19.1 Å². The van der Waals surface area contributed by atoms with Crippen LogP contribution in [0, 0.1) is 11.9 Å². The highest BCUT2D eigenvalue weighted by Gasteiger charge is 2.33. The molecule has 1 aromatic rings. The lowest BCUT2D eigenvalue weighted by molar-refractivity contribution is 0.0897. The van der Waals surface area contributed by atoms with Crippen LogP contribution in [0.5, 0.6) is 0 Å². The summed E-state index contributed by atoms with van der Waals surface area (Å²) in [5, 5.41) is 2.69. The number of halogens is 2. The maximum absolute atomic E-state index is 13.2. The molecule has 1 unspecified atom stereocenters. The first-order valence-corrected chi connectivity index (χ1v) is 6.71. The summed E-state index contributed by atoms with van der Waals surface area (Å²) in [6, 6.07) is 0.0936. The maximum atomic E-state index is 13.2. The zero-order valence-corrected chi connectivity index (χ0v) is 11.0. The SMILES string of the molecule is O=C(N[C@@H]1C[C@@H]2CCN(C2)C1)c1ncc(Cl)c(F)n1. The van der Waals surface area contributed by atoms with E-state index < -0.39 is 11.9 Å². The molecule has 2 fully saturated rings. The minimum absolute atomic E-state index is 0.0936. The van der Waals surface area contributed by atoms with Crippen LogP contribution in [0.1, 0.15) is 23.5 Å². The van der Waals surface area contributed by atoms with Gasteiger partial charge in [-0.05, 0) is 25.3 Å². The summed E-state index contributed by atoms with van der Waals surface area (Å²) in [5.74, 6) is -0.825. The summed E-state index contributed by atoms with van der Waals surface area (Å²) in [4.78, 5) is 21.5. The van der Waals surface area contributed by atoms with Gasteiger partial charge in [0.1, 0.15) is 5.02 Å². The predicted octanol–water partition coefficient (Wildman–Crippen LogP) is 1.09. The number of hydrogen-bond donors (Lipinski definition) is 1. The molecule has 2 aliphatic rings. The molecule has 19 heavy (non-hydrogen) atoms. The Labute approximate surface area is 115 Å². The number of rotatable bonds is 2. The van der Waals surface area contributed by atoms with Crippen LogP contribution in [0.25, 0.3) is 0 Å². The van der Waals surface area contributed by atoms with Crippen molar-refractivity contribution in [1.82, 2.24) is 20.2 Å². The fraction of sp³-hybridized carbons (Fsp3) is 0.583. The van der Waals surface area contributed by atoms with Gasteiger partial charge >= 0.3 is 0 Å². The van der Waals surface area contributed by atoms with Gasteiger partial charge in [-0.15, -0.1) is 0 Å². The van der Waals surface area contributed by atoms with E-state index in [1.807, 2.05) is 0 Å². The zero-order chi connectivity index (χ0) is 13.4. The summed E-state index contributed by atoms with van der Waals surface area (Å²) < 4.78 is 13.2. The summed E-state index contributed by atoms with van der Waals surface area (Å²) in [5.41, 5.74) is 0. The third-order valence-corrected chi connectivity index (χ3v) is 3.96. The molecule has 7 heteroatoms. The van der Waals surface area contributed by atoms with E-state index in [0.29, 0.717) is 5.92 Å². The molecule has 1 N–H and O–H groups in total. The van der Waals surface area contributed by atoms with Gasteiger partial charge in [-0.1, -0.05) is 11.6 Å². The van der Waals surface area contributed by atoms with Crippen molar-refractivity contribution in [3.63, 3.8) is 0 Å². The fourth-order valence-electron chi connectivity index (χ4n) is 2.87. The second-order valence-electron chi connectivity index (χ2n) is 5.15. The van der Waals surface area contributed by atoms with E-state index in [0.717, 1.165) is 32.3 Å². The lowest BCUT2D eigenvalue weighted by atomic mass is 9.97. The molecule has 0 aliphatic carbocycles. The maximum Gasteiger partial charge on any atom is 0.289 e. The van der Waals surface area contributed by atoms with Gasteiger partial charge in [0.05, 0.1) is 6.20 Å². The molecule has 0 radical (unpaired) electrons. The average molecular weight is 285 g/mol. The normalized spacial score (nSPS) is 29.3. The molecule has 3 rings (SSSR count). The molecule has 3 heterocycles. The average Bonchev–Trinajstić information content (AvgIpc) is 2.72. The summed E-state index contributed by atoms with van der Waals surface area (Å²) in [6.07, 6.45) is 3.27. The Bertz CT molecular complexity index is 501. The van der Waals surface area contributed by atoms with E-state index in [-0.39, 0.29) is 16.9 Å². The molecule has 0 spiro atoms. The highest BCUT2D eigenvalue weighted by molar-refractivity contribution is 6.30. The lowest BCUT2D eigenvalue weighted by Gasteiger charge is -2.30. The Morgan fingerprint density at radius 2 is 2.37 bits per heavy atom. The number of aromatic nitrogens is 2. The second kappa shape index (κ2) is 5.02. The molecule has 2 saturated heterocycles. The standard InChI is InChI=1S/C12H14ClFN4O/c13-9-4-15-11(17-10(9)14)12(19)16-8-3-7-1-2-18(5-7)6-8/h4,7-8H,1-3,5-6H2,(H,16,19)/t7-,8+/m0/s1. The van der Waals surface area contributed by atoms with E-state index in [1.165, 1.54) is 6.42 Å². The molecule has 0 saturated carbocycles. The van der Waals surface area contributed by atoms with Crippen LogP contribution in [0.15, 0.2) is 6.20 Å². The molecular weight excluding hydrogens is 271 g/mol. The van der Waals surface area contributed by atoms with Gasteiger partial charge in [0.2, 0.25) is 11.8 Å². The Balaban J connectivity index is 1.66. The second-order valence-corrected chi connectivity index (χ2v) is 5.56. The third-order valence-electron chi connectivity index (χ3n) is 3.71. The molecular formula is C12H14ClFN4O.